The maximum absolute atomic E-state index is 11.7. The third-order valence-corrected chi connectivity index (χ3v) is 2.60. The van der Waals surface area contributed by atoms with Crippen LogP contribution in [-0.2, 0) is 0 Å². The van der Waals surface area contributed by atoms with E-state index >= 15 is 0 Å². The average molecular weight is 173 g/mol. The van der Waals surface area contributed by atoms with Gasteiger partial charge in [-0.3, -0.25) is 4.39 Å². The minimum absolute atomic E-state index is 0.160. The van der Waals surface area contributed by atoms with Crippen LogP contribution in [-0.4, -0.2) is 19.3 Å². The number of hydrogen-bond donors (Lipinski definition) is 1. The van der Waals surface area contributed by atoms with Crippen molar-refractivity contribution in [1.29, 1.82) is 0 Å². The lowest BCUT2D eigenvalue weighted by molar-refractivity contribution is 0.365. The highest BCUT2D eigenvalue weighted by molar-refractivity contribution is 4.71. The van der Waals surface area contributed by atoms with Gasteiger partial charge in [-0.25, -0.2) is 0 Å². The number of alkyl halides is 1. The van der Waals surface area contributed by atoms with Crippen LogP contribution in [0.5, 0.6) is 0 Å². The predicted molar refractivity (Wildman–Crippen MR) is 50.1 cm³/mol. The van der Waals surface area contributed by atoms with Crippen molar-refractivity contribution in [2.45, 2.75) is 51.0 Å². The first-order chi connectivity index (χ1) is 5.93. The molecule has 2 heteroatoms. The Hall–Kier alpha value is -0.110. The van der Waals surface area contributed by atoms with Gasteiger partial charge < -0.3 is 5.32 Å². The van der Waals surface area contributed by atoms with Crippen molar-refractivity contribution >= 4 is 0 Å². The monoisotopic (exact) mass is 173 g/mol. The molecule has 0 amide bonds. The van der Waals surface area contributed by atoms with Gasteiger partial charge in [0.05, 0.1) is 6.67 Å². The third kappa shape index (κ3) is 4.05. The quantitative estimate of drug-likeness (QED) is 0.630. The molecule has 1 saturated carbocycles. The lowest BCUT2D eigenvalue weighted by Crippen LogP contribution is -2.31. The molecular weight excluding hydrogens is 153 g/mol. The number of nitrogens with one attached hydrogen (secondary N) is 1. The predicted octanol–water partition coefficient (Wildman–Crippen LogP) is 2.66. The molecule has 0 atom stereocenters. The molecule has 1 rings (SSSR count). The normalized spacial score (nSPS) is 19.8. The Labute approximate surface area is 74.7 Å². The molecule has 1 aliphatic rings. The van der Waals surface area contributed by atoms with Gasteiger partial charge in [-0.1, -0.05) is 19.3 Å². The van der Waals surface area contributed by atoms with E-state index < -0.39 is 0 Å². The fourth-order valence-corrected chi connectivity index (χ4v) is 1.83. The highest BCUT2D eigenvalue weighted by atomic mass is 19.1. The van der Waals surface area contributed by atoms with Crippen LogP contribution < -0.4 is 5.32 Å². The standard InChI is InChI=1S/C10H20FN/c11-8-4-5-9-12-10-6-2-1-3-7-10/h10,12H,1-9H2. The Bertz CT molecular complexity index is 100. The fraction of sp³-hybridized carbons (Fsp3) is 1.00. The Morgan fingerprint density at radius 2 is 1.83 bits per heavy atom. The van der Waals surface area contributed by atoms with Crippen molar-refractivity contribution in [2.75, 3.05) is 13.2 Å². The molecule has 1 fully saturated rings. The van der Waals surface area contributed by atoms with Gasteiger partial charge in [0.1, 0.15) is 0 Å². The summed E-state index contributed by atoms with van der Waals surface area (Å²) in [5.41, 5.74) is 0. The summed E-state index contributed by atoms with van der Waals surface area (Å²) in [7, 11) is 0. The number of rotatable bonds is 5. The van der Waals surface area contributed by atoms with E-state index in [2.05, 4.69) is 5.32 Å². The lowest BCUT2D eigenvalue weighted by atomic mass is 9.95. The summed E-state index contributed by atoms with van der Waals surface area (Å²) < 4.78 is 11.7. The molecule has 0 radical (unpaired) electrons. The molecule has 0 heterocycles. The molecule has 12 heavy (non-hydrogen) atoms. The molecule has 0 saturated heterocycles. The zero-order valence-corrected chi connectivity index (χ0v) is 7.82. The highest BCUT2D eigenvalue weighted by Gasteiger charge is 2.11. The lowest BCUT2D eigenvalue weighted by Gasteiger charge is -2.22. The van der Waals surface area contributed by atoms with Crippen LogP contribution in [0.4, 0.5) is 4.39 Å². The molecule has 0 aliphatic heterocycles. The largest absolute Gasteiger partial charge is 0.314 e. The molecule has 0 bridgehead atoms. The molecule has 0 aromatic carbocycles. The molecule has 0 aromatic heterocycles. The van der Waals surface area contributed by atoms with Crippen LogP contribution >= 0.6 is 0 Å². The molecule has 1 N–H and O–H groups in total. The first kappa shape index (κ1) is 9.97. The van der Waals surface area contributed by atoms with E-state index in [-0.39, 0.29) is 6.67 Å². The topological polar surface area (TPSA) is 12.0 Å². The van der Waals surface area contributed by atoms with Crippen molar-refractivity contribution in [3.63, 3.8) is 0 Å². The summed E-state index contributed by atoms with van der Waals surface area (Å²) in [5.74, 6) is 0. The second-order valence-electron chi connectivity index (χ2n) is 3.69. The third-order valence-electron chi connectivity index (χ3n) is 2.60. The minimum atomic E-state index is -0.160. The first-order valence-electron chi connectivity index (χ1n) is 5.23. The Morgan fingerprint density at radius 3 is 2.50 bits per heavy atom. The molecule has 0 spiro atoms. The molecule has 72 valence electrons. The first-order valence-corrected chi connectivity index (χ1v) is 5.23. The van der Waals surface area contributed by atoms with Gasteiger partial charge in [0.25, 0.3) is 0 Å². The molecule has 1 nitrogen and oxygen atoms in total. The SMILES string of the molecule is FCCCCNC1CCCCC1. The Balaban J connectivity index is 1.91. The number of hydrogen-bond acceptors (Lipinski definition) is 1. The van der Waals surface area contributed by atoms with Crippen molar-refractivity contribution in [3.8, 4) is 0 Å². The summed E-state index contributed by atoms with van der Waals surface area (Å²) in [6, 6.07) is 0.735. The molecule has 1 aliphatic carbocycles. The summed E-state index contributed by atoms with van der Waals surface area (Å²) in [6.45, 7) is 0.848. The van der Waals surface area contributed by atoms with Gasteiger partial charge in [-0.05, 0) is 32.2 Å². The van der Waals surface area contributed by atoms with E-state index in [4.69, 9.17) is 0 Å². The number of unbranched alkanes of at least 4 members (excludes halogenated alkanes) is 1. The van der Waals surface area contributed by atoms with Crippen molar-refractivity contribution < 1.29 is 4.39 Å². The van der Waals surface area contributed by atoms with Gasteiger partial charge in [-0.15, -0.1) is 0 Å². The maximum Gasteiger partial charge on any atom is 0.0894 e. The van der Waals surface area contributed by atoms with Gasteiger partial charge in [-0.2, -0.15) is 0 Å². The van der Waals surface area contributed by atoms with Crippen LogP contribution in [0.15, 0.2) is 0 Å². The highest BCUT2D eigenvalue weighted by Crippen LogP contribution is 2.17. The smallest absolute Gasteiger partial charge is 0.0894 e. The minimum Gasteiger partial charge on any atom is -0.314 e. The summed E-state index contributed by atoms with van der Waals surface area (Å²) in [5, 5.41) is 3.49. The van der Waals surface area contributed by atoms with E-state index in [0.29, 0.717) is 0 Å². The van der Waals surface area contributed by atoms with Crippen molar-refractivity contribution in [1.82, 2.24) is 5.32 Å². The van der Waals surface area contributed by atoms with E-state index in [1.807, 2.05) is 0 Å². The van der Waals surface area contributed by atoms with Crippen LogP contribution in [0.2, 0.25) is 0 Å². The van der Waals surface area contributed by atoms with Gasteiger partial charge in [0, 0.05) is 6.04 Å². The van der Waals surface area contributed by atoms with Crippen molar-refractivity contribution in [2.24, 2.45) is 0 Å². The molecule has 0 aromatic rings. The summed E-state index contributed by atoms with van der Waals surface area (Å²) in [4.78, 5) is 0. The van der Waals surface area contributed by atoms with E-state index in [9.17, 15) is 4.39 Å². The zero-order chi connectivity index (χ0) is 8.65. The zero-order valence-electron chi connectivity index (χ0n) is 7.82. The van der Waals surface area contributed by atoms with Gasteiger partial charge in [0.15, 0.2) is 0 Å². The second-order valence-corrected chi connectivity index (χ2v) is 3.69. The van der Waals surface area contributed by atoms with Gasteiger partial charge >= 0.3 is 0 Å². The fourth-order valence-electron chi connectivity index (χ4n) is 1.83. The Kier molecular flexibility index (Phi) is 5.33. The Morgan fingerprint density at radius 1 is 1.08 bits per heavy atom. The maximum atomic E-state index is 11.7. The molecular formula is C10H20FN. The van der Waals surface area contributed by atoms with Crippen LogP contribution in [0.1, 0.15) is 44.9 Å². The van der Waals surface area contributed by atoms with Crippen LogP contribution in [0.3, 0.4) is 0 Å². The van der Waals surface area contributed by atoms with Crippen LogP contribution in [0, 0.1) is 0 Å². The molecule has 0 unspecified atom stereocenters. The second kappa shape index (κ2) is 6.41. The van der Waals surface area contributed by atoms with E-state index in [1.54, 1.807) is 0 Å². The van der Waals surface area contributed by atoms with E-state index in [0.717, 1.165) is 25.4 Å². The van der Waals surface area contributed by atoms with Crippen molar-refractivity contribution in [3.05, 3.63) is 0 Å². The number of halogens is 1. The van der Waals surface area contributed by atoms with Gasteiger partial charge in [0.2, 0.25) is 0 Å². The van der Waals surface area contributed by atoms with Crippen LogP contribution in [0.25, 0.3) is 0 Å². The summed E-state index contributed by atoms with van der Waals surface area (Å²) in [6.07, 6.45) is 8.53. The summed E-state index contributed by atoms with van der Waals surface area (Å²) >= 11 is 0. The average Bonchev–Trinajstić information content (AvgIpc) is 2.14. The van der Waals surface area contributed by atoms with E-state index in [1.165, 1.54) is 32.1 Å².